The van der Waals surface area contributed by atoms with Crippen molar-refractivity contribution < 1.29 is 0 Å². The first kappa shape index (κ1) is 11.6. The molecule has 0 saturated carbocycles. The van der Waals surface area contributed by atoms with E-state index in [0.717, 1.165) is 5.56 Å². The molecular formula is C12H9ClN6. The molecule has 0 amide bonds. The average Bonchev–Trinajstić information content (AvgIpc) is 2.92. The first-order chi connectivity index (χ1) is 9.31. The Hall–Kier alpha value is -2.47. The molecule has 0 spiro atoms. The highest BCUT2D eigenvalue weighted by Crippen LogP contribution is 2.19. The quantitative estimate of drug-likeness (QED) is 0.792. The van der Waals surface area contributed by atoms with Gasteiger partial charge in [0.05, 0.1) is 12.4 Å². The summed E-state index contributed by atoms with van der Waals surface area (Å²) in [4.78, 5) is 5.89. The van der Waals surface area contributed by atoms with E-state index < -0.39 is 0 Å². The lowest BCUT2D eigenvalue weighted by Crippen LogP contribution is -2.11. The molecule has 0 unspecified atom stereocenters. The third kappa shape index (κ3) is 2.69. The lowest BCUT2D eigenvalue weighted by Gasteiger charge is -2.05. The zero-order chi connectivity index (χ0) is 13.1. The molecular weight excluding hydrogens is 264 g/mol. The minimum absolute atomic E-state index is 0.500. The summed E-state index contributed by atoms with van der Waals surface area (Å²) in [7, 11) is 0. The second kappa shape index (κ2) is 5.03. The first-order valence-electron chi connectivity index (χ1n) is 5.53. The molecule has 3 rings (SSSR count). The zero-order valence-electron chi connectivity index (χ0n) is 9.73. The molecule has 2 aromatic heterocycles. The van der Waals surface area contributed by atoms with E-state index in [1.54, 1.807) is 30.6 Å². The second-order valence-corrected chi connectivity index (χ2v) is 4.17. The van der Waals surface area contributed by atoms with Crippen molar-refractivity contribution in [2.24, 2.45) is 0 Å². The molecule has 0 saturated heterocycles. The lowest BCUT2D eigenvalue weighted by atomic mass is 10.2. The van der Waals surface area contributed by atoms with Gasteiger partial charge in [-0.2, -0.15) is 15.0 Å². The van der Waals surface area contributed by atoms with Crippen LogP contribution in [-0.4, -0.2) is 25.1 Å². The van der Waals surface area contributed by atoms with Crippen molar-refractivity contribution in [3.63, 3.8) is 0 Å². The molecule has 1 aromatic carbocycles. The molecule has 2 heterocycles. The van der Waals surface area contributed by atoms with Crippen molar-refractivity contribution in [3.8, 4) is 11.4 Å². The normalized spacial score (nSPS) is 10.4. The van der Waals surface area contributed by atoms with Crippen LogP contribution in [-0.2, 0) is 0 Å². The van der Waals surface area contributed by atoms with Crippen LogP contribution in [0.4, 0.5) is 5.82 Å². The molecule has 0 aliphatic rings. The molecule has 0 aliphatic carbocycles. The fourth-order valence-electron chi connectivity index (χ4n) is 1.56. The number of rotatable bonds is 3. The molecule has 7 heteroatoms. The molecule has 1 N–H and O–H groups in total. The van der Waals surface area contributed by atoms with Gasteiger partial charge < -0.3 is 0 Å². The van der Waals surface area contributed by atoms with Crippen molar-refractivity contribution in [1.82, 2.24) is 25.1 Å². The summed E-state index contributed by atoms with van der Waals surface area (Å²) >= 11 is 5.94. The molecule has 0 fully saturated rings. The monoisotopic (exact) mass is 272 g/mol. The van der Waals surface area contributed by atoms with Gasteiger partial charge >= 0.3 is 0 Å². The Morgan fingerprint density at radius 3 is 2.95 bits per heavy atom. The largest absolute Gasteiger partial charge is 0.260 e. The van der Waals surface area contributed by atoms with Gasteiger partial charge in [0.15, 0.2) is 11.6 Å². The summed E-state index contributed by atoms with van der Waals surface area (Å²) in [5.74, 6) is 1.05. The van der Waals surface area contributed by atoms with Crippen molar-refractivity contribution in [2.45, 2.75) is 0 Å². The second-order valence-electron chi connectivity index (χ2n) is 3.74. The number of aromatic nitrogens is 5. The Balaban J connectivity index is 1.91. The van der Waals surface area contributed by atoms with Crippen LogP contribution in [0, 0.1) is 0 Å². The van der Waals surface area contributed by atoms with Crippen LogP contribution in [0.15, 0.2) is 48.9 Å². The van der Waals surface area contributed by atoms with E-state index in [9.17, 15) is 0 Å². The van der Waals surface area contributed by atoms with Gasteiger partial charge in [0.2, 0.25) is 0 Å². The Labute approximate surface area is 114 Å². The van der Waals surface area contributed by atoms with Crippen LogP contribution in [0.1, 0.15) is 0 Å². The maximum absolute atomic E-state index is 5.94. The molecule has 0 bridgehead atoms. The maximum Gasteiger partial charge on any atom is 0.183 e. The van der Waals surface area contributed by atoms with Gasteiger partial charge in [-0.25, -0.2) is 4.98 Å². The Bertz CT molecular complexity index is 682. The van der Waals surface area contributed by atoms with Crippen LogP contribution in [0.25, 0.3) is 11.4 Å². The number of halogens is 1. The van der Waals surface area contributed by atoms with Crippen molar-refractivity contribution in [3.05, 3.63) is 53.9 Å². The number of nitrogens with one attached hydrogen (secondary N) is 1. The average molecular weight is 273 g/mol. The van der Waals surface area contributed by atoms with Gasteiger partial charge in [0.1, 0.15) is 0 Å². The van der Waals surface area contributed by atoms with Crippen LogP contribution in [0.5, 0.6) is 0 Å². The van der Waals surface area contributed by atoms with Crippen molar-refractivity contribution in [2.75, 3.05) is 5.43 Å². The molecule has 94 valence electrons. The number of hydrogen-bond acceptors (Lipinski definition) is 5. The zero-order valence-corrected chi connectivity index (χ0v) is 10.5. The van der Waals surface area contributed by atoms with E-state index in [2.05, 4.69) is 25.7 Å². The Kier molecular flexibility index (Phi) is 3.07. The van der Waals surface area contributed by atoms with E-state index in [1.165, 1.54) is 11.0 Å². The van der Waals surface area contributed by atoms with Gasteiger partial charge in [0.25, 0.3) is 0 Å². The number of benzene rings is 1. The minimum Gasteiger partial charge on any atom is -0.260 e. The first-order valence-corrected chi connectivity index (χ1v) is 5.91. The van der Waals surface area contributed by atoms with E-state index in [1.807, 2.05) is 12.1 Å². The summed E-state index contributed by atoms with van der Waals surface area (Å²) in [5, 5.41) is 12.6. The molecule has 6 nitrogen and oxygen atoms in total. The highest BCUT2D eigenvalue weighted by Gasteiger charge is 2.04. The van der Waals surface area contributed by atoms with Crippen LogP contribution in [0.3, 0.4) is 0 Å². The number of anilines is 1. The van der Waals surface area contributed by atoms with E-state index in [0.29, 0.717) is 16.7 Å². The molecule has 3 aromatic rings. The van der Waals surface area contributed by atoms with E-state index in [4.69, 9.17) is 11.6 Å². The SMILES string of the molecule is Clc1cccc(-c2nncc(Nn3cccn3)n2)c1. The van der Waals surface area contributed by atoms with Gasteiger partial charge in [-0.05, 0) is 18.2 Å². The highest BCUT2D eigenvalue weighted by atomic mass is 35.5. The molecule has 0 radical (unpaired) electrons. The van der Waals surface area contributed by atoms with Gasteiger partial charge in [-0.1, -0.05) is 23.7 Å². The fourth-order valence-corrected chi connectivity index (χ4v) is 1.75. The van der Waals surface area contributed by atoms with E-state index in [-0.39, 0.29) is 0 Å². The molecule has 19 heavy (non-hydrogen) atoms. The summed E-state index contributed by atoms with van der Waals surface area (Å²) < 4.78 is 0. The summed E-state index contributed by atoms with van der Waals surface area (Å²) in [6.07, 6.45) is 4.95. The lowest BCUT2D eigenvalue weighted by molar-refractivity contribution is 0.789. The molecule has 0 atom stereocenters. The highest BCUT2D eigenvalue weighted by molar-refractivity contribution is 6.30. The summed E-state index contributed by atoms with van der Waals surface area (Å²) in [5.41, 5.74) is 3.78. The summed E-state index contributed by atoms with van der Waals surface area (Å²) in [6, 6.07) is 9.11. The Morgan fingerprint density at radius 2 is 2.16 bits per heavy atom. The van der Waals surface area contributed by atoms with Gasteiger partial charge in [-0.15, -0.1) is 5.10 Å². The minimum atomic E-state index is 0.500. The smallest absolute Gasteiger partial charge is 0.183 e. The van der Waals surface area contributed by atoms with Crippen molar-refractivity contribution in [1.29, 1.82) is 0 Å². The van der Waals surface area contributed by atoms with Gasteiger partial charge in [0, 0.05) is 16.8 Å². The predicted molar refractivity (Wildman–Crippen MR) is 71.5 cm³/mol. The number of nitrogens with zero attached hydrogens (tertiary/aromatic N) is 5. The van der Waals surface area contributed by atoms with Crippen molar-refractivity contribution >= 4 is 17.4 Å². The third-order valence-corrected chi connectivity index (χ3v) is 2.61. The van der Waals surface area contributed by atoms with Gasteiger partial charge in [-0.3, -0.25) is 5.43 Å². The standard InChI is InChI=1S/C12H9ClN6/c13-10-4-1-3-9(7-10)12-16-11(8-14-17-12)18-19-6-2-5-15-19/h1-8H,(H,16,17,18). The summed E-state index contributed by atoms with van der Waals surface area (Å²) in [6.45, 7) is 0. The third-order valence-electron chi connectivity index (χ3n) is 2.38. The topological polar surface area (TPSA) is 68.5 Å². The van der Waals surface area contributed by atoms with E-state index >= 15 is 0 Å². The fraction of sp³-hybridized carbons (Fsp3) is 0. The van der Waals surface area contributed by atoms with Crippen LogP contribution >= 0.6 is 11.6 Å². The predicted octanol–water partition coefficient (Wildman–Crippen LogP) is 2.26. The maximum atomic E-state index is 5.94. The number of hydrogen-bond donors (Lipinski definition) is 1. The van der Waals surface area contributed by atoms with Crippen LogP contribution < -0.4 is 5.43 Å². The Morgan fingerprint density at radius 1 is 1.21 bits per heavy atom. The molecule has 0 aliphatic heterocycles. The van der Waals surface area contributed by atoms with Crippen LogP contribution in [0.2, 0.25) is 5.02 Å².